The number of thiophene rings is 1. The molecule has 0 radical (unpaired) electrons. The minimum Gasteiger partial charge on any atom is -0.335 e. The second kappa shape index (κ2) is 13.0. The first kappa shape index (κ1) is 32.5. The lowest BCUT2D eigenvalue weighted by Gasteiger charge is -2.50. The van der Waals surface area contributed by atoms with Crippen molar-refractivity contribution in [2.45, 2.75) is 49.7 Å². The number of hydrogen-bond acceptors (Lipinski definition) is 5. The molecule has 2 atom stereocenters. The lowest BCUT2D eigenvalue weighted by Crippen LogP contribution is -2.65. The van der Waals surface area contributed by atoms with Crippen LogP contribution in [0.4, 0.5) is 26.3 Å². The smallest absolute Gasteiger partial charge is 0.335 e. The molecule has 3 aliphatic rings. The fourth-order valence-corrected chi connectivity index (χ4v) is 7.47. The number of benzene rings is 2. The van der Waals surface area contributed by atoms with E-state index in [0.29, 0.717) is 50.5 Å². The lowest BCUT2D eigenvalue weighted by atomic mass is 9.90. The molecule has 0 saturated carbocycles. The number of halogens is 6. The molecule has 6 nitrogen and oxygen atoms in total. The van der Waals surface area contributed by atoms with Gasteiger partial charge in [-0.2, -0.15) is 37.7 Å². The van der Waals surface area contributed by atoms with E-state index < -0.39 is 41.0 Å². The van der Waals surface area contributed by atoms with E-state index in [0.717, 1.165) is 37.3 Å². The molecule has 0 bridgehead atoms. The fraction of sp³-hybridized carbons (Fsp3) is 0.455. The van der Waals surface area contributed by atoms with Crippen molar-refractivity contribution in [3.05, 3.63) is 93.2 Å². The van der Waals surface area contributed by atoms with Crippen LogP contribution in [-0.2, 0) is 18.8 Å². The molecule has 3 aromatic rings. The summed E-state index contributed by atoms with van der Waals surface area (Å²) < 4.78 is 81.4. The average Bonchev–Trinajstić information content (AvgIpc) is 3.55. The first-order chi connectivity index (χ1) is 21.9. The molecule has 2 aromatic carbocycles. The van der Waals surface area contributed by atoms with Crippen LogP contribution < -0.4 is 0 Å². The molecule has 246 valence electrons. The van der Waals surface area contributed by atoms with Crippen LogP contribution in [0, 0.1) is 0 Å². The van der Waals surface area contributed by atoms with E-state index in [-0.39, 0.29) is 24.6 Å². The molecule has 46 heavy (non-hydrogen) atoms. The Bertz CT molecular complexity index is 1480. The first-order valence-corrected chi connectivity index (χ1v) is 16.2. The van der Waals surface area contributed by atoms with Gasteiger partial charge in [-0.1, -0.05) is 30.3 Å². The van der Waals surface area contributed by atoms with Gasteiger partial charge >= 0.3 is 12.4 Å². The van der Waals surface area contributed by atoms with Crippen molar-refractivity contribution < 1.29 is 35.9 Å². The molecule has 3 aliphatic heterocycles. The summed E-state index contributed by atoms with van der Waals surface area (Å²) in [5.41, 5.74) is -1.95. The van der Waals surface area contributed by atoms with Gasteiger partial charge in [-0.25, -0.2) is 0 Å². The maximum Gasteiger partial charge on any atom is 0.416 e. The van der Waals surface area contributed by atoms with Crippen molar-refractivity contribution in [1.29, 1.82) is 0 Å². The Hall–Kier alpha value is -3.42. The highest BCUT2D eigenvalue weighted by Crippen LogP contribution is 2.37. The van der Waals surface area contributed by atoms with Crippen molar-refractivity contribution in [2.75, 3.05) is 45.8 Å². The summed E-state index contributed by atoms with van der Waals surface area (Å²) in [6.07, 6.45) is -8.52. The number of hydrogen-bond donors (Lipinski definition) is 0. The summed E-state index contributed by atoms with van der Waals surface area (Å²) in [7, 11) is 0. The summed E-state index contributed by atoms with van der Waals surface area (Å²) in [5, 5.41) is 3.75. The van der Waals surface area contributed by atoms with Gasteiger partial charge in [-0.05, 0) is 54.5 Å². The van der Waals surface area contributed by atoms with Gasteiger partial charge in [-0.3, -0.25) is 19.4 Å². The van der Waals surface area contributed by atoms with Crippen molar-refractivity contribution >= 4 is 23.2 Å². The first-order valence-electron chi connectivity index (χ1n) is 15.3. The Labute approximate surface area is 267 Å². The summed E-state index contributed by atoms with van der Waals surface area (Å²) in [6, 6.07) is 12.3. The van der Waals surface area contributed by atoms with E-state index in [1.165, 1.54) is 16.2 Å². The Kier molecular flexibility index (Phi) is 9.19. The lowest BCUT2D eigenvalue weighted by molar-refractivity contribution is -0.143. The highest BCUT2D eigenvalue weighted by atomic mass is 32.1. The maximum atomic E-state index is 13.7. The molecular weight excluding hydrogens is 630 g/mol. The quantitative estimate of drug-likeness (QED) is 0.297. The predicted molar refractivity (Wildman–Crippen MR) is 162 cm³/mol. The largest absolute Gasteiger partial charge is 0.416 e. The van der Waals surface area contributed by atoms with Crippen molar-refractivity contribution in [2.24, 2.45) is 0 Å². The zero-order valence-electron chi connectivity index (χ0n) is 24.9. The van der Waals surface area contributed by atoms with Gasteiger partial charge in [0.1, 0.15) is 0 Å². The van der Waals surface area contributed by atoms with Crippen LogP contribution in [0.15, 0.2) is 65.4 Å². The van der Waals surface area contributed by atoms with Gasteiger partial charge in [0.05, 0.1) is 16.7 Å². The highest BCUT2D eigenvalue weighted by Gasteiger charge is 2.41. The van der Waals surface area contributed by atoms with Gasteiger partial charge in [0.15, 0.2) is 0 Å². The summed E-state index contributed by atoms with van der Waals surface area (Å²) in [5.74, 6) is -0.769. The molecule has 0 spiro atoms. The Morgan fingerprint density at radius 3 is 1.91 bits per heavy atom. The number of piperidine rings is 1. The van der Waals surface area contributed by atoms with Crippen LogP contribution >= 0.6 is 11.3 Å². The third-order valence-corrected chi connectivity index (χ3v) is 10.1. The standard InChI is InChI=1S/C33H34F6N4O2S/c34-32(35,36)25-15-24(16-26(17-25)33(37,38)39)31(45)43-8-6-27(18-28(43)14-22-4-2-1-3-5-22)40-9-11-41(12-10-40)29-19-42(20-29)30(44)23-7-13-46-21-23/h1-5,7,13,15-17,21,27-29H,6,8-12,14,18-20H2/t27-,28+/m0/s1. The number of amides is 2. The van der Waals surface area contributed by atoms with Crippen LogP contribution in [0.3, 0.4) is 0 Å². The van der Waals surface area contributed by atoms with Gasteiger partial charge in [-0.15, -0.1) is 0 Å². The monoisotopic (exact) mass is 664 g/mol. The molecular formula is C33H34F6N4O2S. The van der Waals surface area contributed by atoms with E-state index in [1.54, 1.807) is 0 Å². The van der Waals surface area contributed by atoms with E-state index in [9.17, 15) is 35.9 Å². The van der Waals surface area contributed by atoms with Crippen LogP contribution in [0.25, 0.3) is 0 Å². The van der Waals surface area contributed by atoms with Crippen LogP contribution in [-0.4, -0.2) is 95.4 Å². The van der Waals surface area contributed by atoms with E-state index in [2.05, 4.69) is 9.80 Å². The number of carbonyl (C=O) groups excluding carboxylic acids is 2. The maximum absolute atomic E-state index is 13.7. The number of alkyl halides is 6. The Morgan fingerprint density at radius 2 is 1.35 bits per heavy atom. The molecule has 13 heteroatoms. The van der Waals surface area contributed by atoms with Crippen molar-refractivity contribution in [1.82, 2.24) is 19.6 Å². The normalized spacial score (nSPS) is 22.1. The molecule has 3 fully saturated rings. The van der Waals surface area contributed by atoms with Crippen LogP contribution in [0.2, 0.25) is 0 Å². The van der Waals surface area contributed by atoms with Crippen LogP contribution in [0.5, 0.6) is 0 Å². The summed E-state index contributed by atoms with van der Waals surface area (Å²) in [6.45, 7) is 4.87. The SMILES string of the molecule is O=C(c1ccsc1)N1CC(N2CCN([C@H]3CCN(C(=O)c4cc(C(F)(F)F)cc(C(F)(F)F)c4)[C@H](Cc4ccccc4)C3)CC2)C1. The van der Waals surface area contributed by atoms with Gasteiger partial charge in [0, 0.05) is 74.9 Å². The predicted octanol–water partition coefficient (Wildman–Crippen LogP) is 6.14. The van der Waals surface area contributed by atoms with E-state index in [4.69, 9.17) is 0 Å². The van der Waals surface area contributed by atoms with Crippen molar-refractivity contribution in [3.8, 4) is 0 Å². The molecule has 3 saturated heterocycles. The topological polar surface area (TPSA) is 47.1 Å². The summed E-state index contributed by atoms with van der Waals surface area (Å²) >= 11 is 1.50. The molecule has 0 N–H and O–H groups in total. The molecule has 4 heterocycles. The van der Waals surface area contributed by atoms with Crippen LogP contribution in [0.1, 0.15) is 50.2 Å². The highest BCUT2D eigenvalue weighted by molar-refractivity contribution is 7.08. The minimum absolute atomic E-state index is 0.0484. The number of likely N-dealkylation sites (tertiary alicyclic amines) is 2. The zero-order valence-corrected chi connectivity index (χ0v) is 25.8. The van der Waals surface area contributed by atoms with E-state index >= 15 is 0 Å². The number of rotatable bonds is 6. The third kappa shape index (κ3) is 7.11. The average molecular weight is 665 g/mol. The zero-order chi connectivity index (χ0) is 32.6. The molecule has 6 rings (SSSR count). The molecule has 0 aliphatic carbocycles. The Balaban J connectivity index is 1.13. The number of piperazine rings is 1. The minimum atomic E-state index is -5.04. The third-order valence-electron chi connectivity index (χ3n) is 9.40. The molecule has 2 amide bonds. The van der Waals surface area contributed by atoms with Gasteiger partial charge in [0.25, 0.3) is 11.8 Å². The second-order valence-corrected chi connectivity index (χ2v) is 13.0. The van der Waals surface area contributed by atoms with Gasteiger partial charge in [0.2, 0.25) is 0 Å². The Morgan fingerprint density at radius 1 is 0.739 bits per heavy atom. The second-order valence-electron chi connectivity index (χ2n) is 12.3. The number of nitrogens with zero attached hydrogens (tertiary/aromatic N) is 4. The summed E-state index contributed by atoms with van der Waals surface area (Å²) in [4.78, 5) is 34.4. The van der Waals surface area contributed by atoms with Crippen molar-refractivity contribution in [3.63, 3.8) is 0 Å². The van der Waals surface area contributed by atoms with Gasteiger partial charge < -0.3 is 9.80 Å². The fourth-order valence-electron chi connectivity index (χ4n) is 6.84. The number of carbonyl (C=O) groups is 2. The molecule has 0 unspecified atom stereocenters. The van der Waals surface area contributed by atoms with E-state index in [1.807, 2.05) is 52.1 Å². The molecule has 1 aromatic heterocycles.